The largest absolute Gasteiger partial charge is 0.348 e. The highest BCUT2D eigenvalue weighted by Crippen LogP contribution is 2.11. The lowest BCUT2D eigenvalue weighted by Gasteiger charge is -2.13. The first-order valence-corrected chi connectivity index (χ1v) is 6.29. The Hall–Kier alpha value is -0.540. The van der Waals surface area contributed by atoms with Crippen LogP contribution in [0.3, 0.4) is 0 Å². The average molecular weight is 291 g/mol. The number of hydrogen-bond donors (Lipinski definition) is 1. The van der Waals surface area contributed by atoms with E-state index in [4.69, 9.17) is 11.6 Å². The third-order valence-corrected chi connectivity index (χ3v) is 3.12. The van der Waals surface area contributed by atoms with Gasteiger partial charge in [-0.05, 0) is 24.6 Å². The average Bonchev–Trinajstić information content (AvgIpc) is 2.25. The molecule has 1 amide bonds. The molecule has 4 heteroatoms. The first-order chi connectivity index (χ1) is 7.17. The van der Waals surface area contributed by atoms with Crippen molar-refractivity contribution in [2.75, 3.05) is 5.33 Å². The third-order valence-electron chi connectivity index (χ3n) is 2.10. The Balaban J connectivity index is 2.68. The molecule has 0 fully saturated rings. The zero-order valence-electron chi connectivity index (χ0n) is 8.47. The topological polar surface area (TPSA) is 29.1 Å². The first kappa shape index (κ1) is 12.5. The minimum atomic E-state index is -0.0798. The Morgan fingerprint density at radius 2 is 2.33 bits per heavy atom. The van der Waals surface area contributed by atoms with Gasteiger partial charge in [-0.25, -0.2) is 0 Å². The van der Waals surface area contributed by atoms with Crippen LogP contribution in [-0.2, 0) is 0 Å². The lowest BCUT2D eigenvalue weighted by atomic mass is 10.2. The van der Waals surface area contributed by atoms with Crippen molar-refractivity contribution in [2.24, 2.45) is 0 Å². The fourth-order valence-electron chi connectivity index (χ4n) is 1.15. The predicted octanol–water partition coefficient (Wildman–Crippen LogP) is 3.24. The lowest BCUT2D eigenvalue weighted by Crippen LogP contribution is -2.35. The zero-order chi connectivity index (χ0) is 11.3. The Bertz CT molecular complexity index is 339. The Morgan fingerprint density at radius 1 is 1.60 bits per heavy atom. The second-order valence-corrected chi connectivity index (χ2v) is 4.33. The summed E-state index contributed by atoms with van der Waals surface area (Å²) in [6.45, 7) is 2.03. The van der Waals surface area contributed by atoms with Gasteiger partial charge < -0.3 is 5.32 Å². The van der Waals surface area contributed by atoms with Crippen LogP contribution in [0.4, 0.5) is 0 Å². The van der Waals surface area contributed by atoms with Gasteiger partial charge in [-0.15, -0.1) is 0 Å². The second-order valence-electron chi connectivity index (χ2n) is 3.24. The van der Waals surface area contributed by atoms with Gasteiger partial charge in [-0.2, -0.15) is 0 Å². The SMILES string of the molecule is CCC(CBr)NC(=O)c1cccc(Cl)c1. The summed E-state index contributed by atoms with van der Waals surface area (Å²) in [4.78, 5) is 11.7. The van der Waals surface area contributed by atoms with E-state index in [2.05, 4.69) is 21.2 Å². The van der Waals surface area contributed by atoms with Crippen LogP contribution in [0.1, 0.15) is 23.7 Å². The van der Waals surface area contributed by atoms with Crippen LogP contribution in [0.2, 0.25) is 5.02 Å². The molecule has 1 unspecified atom stereocenters. The molecular formula is C11H13BrClNO. The zero-order valence-corrected chi connectivity index (χ0v) is 10.8. The van der Waals surface area contributed by atoms with Gasteiger partial charge >= 0.3 is 0 Å². The molecule has 15 heavy (non-hydrogen) atoms. The highest BCUT2D eigenvalue weighted by molar-refractivity contribution is 9.09. The molecule has 82 valence electrons. The van der Waals surface area contributed by atoms with Gasteiger partial charge in [0.05, 0.1) is 0 Å². The van der Waals surface area contributed by atoms with Crippen LogP contribution < -0.4 is 5.32 Å². The van der Waals surface area contributed by atoms with Gasteiger partial charge in [0, 0.05) is 22.0 Å². The molecule has 1 N–H and O–H groups in total. The van der Waals surface area contributed by atoms with Crippen molar-refractivity contribution in [1.82, 2.24) is 5.32 Å². The van der Waals surface area contributed by atoms with E-state index < -0.39 is 0 Å². The molecule has 0 aliphatic rings. The van der Waals surface area contributed by atoms with Crippen LogP contribution in [-0.4, -0.2) is 17.3 Å². The van der Waals surface area contributed by atoms with Crippen LogP contribution in [0.15, 0.2) is 24.3 Å². The van der Waals surface area contributed by atoms with Gasteiger partial charge in [0.2, 0.25) is 0 Å². The Morgan fingerprint density at radius 3 is 2.87 bits per heavy atom. The maximum atomic E-state index is 11.7. The van der Waals surface area contributed by atoms with Crippen LogP contribution in [0.25, 0.3) is 0 Å². The monoisotopic (exact) mass is 289 g/mol. The standard InChI is InChI=1S/C11H13BrClNO/c1-2-10(7-12)14-11(15)8-4-3-5-9(13)6-8/h3-6,10H,2,7H2,1H3,(H,14,15). The second kappa shape index (κ2) is 6.13. The fourth-order valence-corrected chi connectivity index (χ4v) is 1.96. The molecule has 0 bridgehead atoms. The van der Waals surface area contributed by atoms with E-state index in [0.717, 1.165) is 11.8 Å². The first-order valence-electron chi connectivity index (χ1n) is 4.79. The number of nitrogens with one attached hydrogen (secondary N) is 1. The molecule has 0 aliphatic carbocycles. The van der Waals surface area contributed by atoms with E-state index in [1.54, 1.807) is 24.3 Å². The van der Waals surface area contributed by atoms with Crippen molar-refractivity contribution in [3.63, 3.8) is 0 Å². The van der Waals surface area contributed by atoms with Gasteiger partial charge in [-0.3, -0.25) is 4.79 Å². The molecule has 0 radical (unpaired) electrons. The summed E-state index contributed by atoms with van der Waals surface area (Å²) in [5, 5.41) is 4.25. The fraction of sp³-hybridized carbons (Fsp3) is 0.364. The maximum Gasteiger partial charge on any atom is 0.251 e. The molecule has 0 saturated heterocycles. The van der Waals surface area contributed by atoms with E-state index in [0.29, 0.717) is 10.6 Å². The summed E-state index contributed by atoms with van der Waals surface area (Å²) >= 11 is 9.15. The van der Waals surface area contributed by atoms with Crippen LogP contribution in [0, 0.1) is 0 Å². The van der Waals surface area contributed by atoms with E-state index >= 15 is 0 Å². The molecule has 1 rings (SSSR count). The summed E-state index contributed by atoms with van der Waals surface area (Å²) in [7, 11) is 0. The minimum absolute atomic E-state index is 0.0798. The number of hydrogen-bond acceptors (Lipinski definition) is 1. The molecule has 1 aromatic rings. The van der Waals surface area contributed by atoms with Gasteiger partial charge in [0.1, 0.15) is 0 Å². The van der Waals surface area contributed by atoms with Crippen molar-refractivity contribution in [2.45, 2.75) is 19.4 Å². The lowest BCUT2D eigenvalue weighted by molar-refractivity contribution is 0.0940. The number of alkyl halides is 1. The quantitative estimate of drug-likeness (QED) is 0.848. The van der Waals surface area contributed by atoms with Crippen LogP contribution in [0.5, 0.6) is 0 Å². The summed E-state index contributed by atoms with van der Waals surface area (Å²) in [5.74, 6) is -0.0798. The molecule has 0 spiro atoms. The van der Waals surface area contributed by atoms with Crippen molar-refractivity contribution >= 4 is 33.4 Å². The van der Waals surface area contributed by atoms with E-state index in [-0.39, 0.29) is 11.9 Å². The van der Waals surface area contributed by atoms with Crippen LogP contribution >= 0.6 is 27.5 Å². The van der Waals surface area contributed by atoms with Gasteiger partial charge in [0.15, 0.2) is 0 Å². The molecule has 0 aliphatic heterocycles. The molecule has 0 aromatic heterocycles. The minimum Gasteiger partial charge on any atom is -0.348 e. The number of carbonyl (C=O) groups excluding carboxylic acids is 1. The van der Waals surface area contributed by atoms with Gasteiger partial charge in [0.25, 0.3) is 5.91 Å². The number of carbonyl (C=O) groups is 1. The maximum absolute atomic E-state index is 11.7. The summed E-state index contributed by atoms with van der Waals surface area (Å²) < 4.78 is 0. The molecule has 1 aromatic carbocycles. The highest BCUT2D eigenvalue weighted by atomic mass is 79.9. The van der Waals surface area contributed by atoms with Crippen molar-refractivity contribution in [1.29, 1.82) is 0 Å². The van der Waals surface area contributed by atoms with Crippen molar-refractivity contribution in [3.8, 4) is 0 Å². The highest BCUT2D eigenvalue weighted by Gasteiger charge is 2.10. The summed E-state index contributed by atoms with van der Waals surface area (Å²) in [6, 6.07) is 7.10. The molecule has 0 saturated carbocycles. The summed E-state index contributed by atoms with van der Waals surface area (Å²) in [6.07, 6.45) is 0.900. The molecule has 1 atom stereocenters. The van der Waals surface area contributed by atoms with Crippen molar-refractivity contribution < 1.29 is 4.79 Å². The number of rotatable bonds is 4. The molecule has 2 nitrogen and oxygen atoms in total. The summed E-state index contributed by atoms with van der Waals surface area (Å²) in [5.41, 5.74) is 0.599. The number of benzene rings is 1. The molecule has 0 heterocycles. The predicted molar refractivity (Wildman–Crippen MR) is 66.8 cm³/mol. The van der Waals surface area contributed by atoms with E-state index in [9.17, 15) is 4.79 Å². The number of halogens is 2. The molecular weight excluding hydrogens is 277 g/mol. The third kappa shape index (κ3) is 3.84. The Labute approximate surface area is 103 Å². The van der Waals surface area contributed by atoms with Gasteiger partial charge in [-0.1, -0.05) is 40.5 Å². The normalized spacial score (nSPS) is 12.2. The number of amides is 1. The van der Waals surface area contributed by atoms with Crippen molar-refractivity contribution in [3.05, 3.63) is 34.9 Å². The Kier molecular flexibility index (Phi) is 5.12. The van der Waals surface area contributed by atoms with E-state index in [1.165, 1.54) is 0 Å². The smallest absolute Gasteiger partial charge is 0.251 e. The van der Waals surface area contributed by atoms with E-state index in [1.807, 2.05) is 6.92 Å².